The van der Waals surface area contributed by atoms with E-state index in [0.717, 1.165) is 6.42 Å². The van der Waals surface area contributed by atoms with Crippen LogP contribution in [0.3, 0.4) is 0 Å². The van der Waals surface area contributed by atoms with Gasteiger partial charge in [-0.3, -0.25) is 9.59 Å². The first-order valence-corrected chi connectivity index (χ1v) is 9.47. The van der Waals surface area contributed by atoms with Crippen LogP contribution in [0.4, 0.5) is 0 Å². The van der Waals surface area contributed by atoms with Gasteiger partial charge in [0.15, 0.2) is 10.9 Å². The Labute approximate surface area is 141 Å². The third kappa shape index (κ3) is 5.94. The van der Waals surface area contributed by atoms with E-state index in [1.807, 2.05) is 6.26 Å². The lowest BCUT2D eigenvalue weighted by atomic mass is 9.84. The minimum atomic E-state index is -0.824. The molecule has 0 saturated heterocycles. The van der Waals surface area contributed by atoms with Crippen LogP contribution >= 0.6 is 11.8 Å². The van der Waals surface area contributed by atoms with Crippen molar-refractivity contribution in [2.24, 2.45) is 5.92 Å². The van der Waals surface area contributed by atoms with E-state index in [1.165, 1.54) is 43.9 Å². The zero-order valence-electron chi connectivity index (χ0n) is 13.5. The minimum absolute atomic E-state index is 0.0753. The number of nitrogens with one attached hydrogen (secondary N) is 1. The number of carbonyl (C=O) groups is 2. The summed E-state index contributed by atoms with van der Waals surface area (Å²) in [5, 5.41) is 12.6. The van der Waals surface area contributed by atoms with E-state index < -0.39 is 5.97 Å². The van der Waals surface area contributed by atoms with Gasteiger partial charge in [0.25, 0.3) is 5.91 Å². The molecule has 1 aliphatic carbocycles. The molecule has 1 fully saturated rings. The van der Waals surface area contributed by atoms with Gasteiger partial charge in [-0.2, -0.15) is 0 Å². The van der Waals surface area contributed by atoms with Crippen molar-refractivity contribution in [3.05, 3.63) is 17.9 Å². The molecule has 1 aromatic heterocycles. The third-order valence-corrected chi connectivity index (χ3v) is 5.01. The number of thioether (sulfide) groups is 1. The highest BCUT2D eigenvalue weighted by molar-refractivity contribution is 7.98. The maximum Gasteiger partial charge on any atom is 0.303 e. The van der Waals surface area contributed by atoms with Crippen LogP contribution < -0.4 is 5.32 Å². The number of hydrogen-bond acceptors (Lipinski definition) is 4. The largest absolute Gasteiger partial charge is 0.481 e. The molecular weight excluding hydrogens is 314 g/mol. The Kier molecular flexibility index (Phi) is 7.02. The zero-order valence-corrected chi connectivity index (χ0v) is 14.4. The molecule has 1 saturated carbocycles. The van der Waals surface area contributed by atoms with E-state index in [9.17, 15) is 9.59 Å². The van der Waals surface area contributed by atoms with Crippen molar-refractivity contribution >= 4 is 23.6 Å². The van der Waals surface area contributed by atoms with E-state index in [2.05, 4.69) is 5.32 Å². The molecule has 1 heterocycles. The summed E-state index contributed by atoms with van der Waals surface area (Å²) in [5.74, 6) is -0.202. The van der Waals surface area contributed by atoms with Crippen LogP contribution in [0.1, 0.15) is 61.9 Å². The highest BCUT2D eigenvalue weighted by Crippen LogP contribution is 2.28. The molecule has 1 aliphatic rings. The summed E-state index contributed by atoms with van der Waals surface area (Å²) in [6, 6.07) is 3.33. The molecule has 1 aromatic rings. The molecule has 1 atom stereocenters. The van der Waals surface area contributed by atoms with Crippen LogP contribution in [-0.4, -0.2) is 29.3 Å². The first-order chi connectivity index (χ1) is 11.1. The smallest absolute Gasteiger partial charge is 0.303 e. The van der Waals surface area contributed by atoms with Crippen molar-refractivity contribution in [3.8, 4) is 0 Å². The molecule has 6 heteroatoms. The fraction of sp³-hybridized carbons (Fsp3) is 0.647. The number of rotatable bonds is 8. The summed E-state index contributed by atoms with van der Waals surface area (Å²) in [6.07, 6.45) is 9.40. The molecule has 23 heavy (non-hydrogen) atoms. The van der Waals surface area contributed by atoms with Crippen LogP contribution in [0.15, 0.2) is 21.6 Å². The number of amides is 1. The summed E-state index contributed by atoms with van der Waals surface area (Å²) in [6.45, 7) is 0. The van der Waals surface area contributed by atoms with Gasteiger partial charge in [-0.25, -0.2) is 0 Å². The van der Waals surface area contributed by atoms with Gasteiger partial charge in [0.05, 0.1) is 0 Å². The average molecular weight is 339 g/mol. The summed E-state index contributed by atoms with van der Waals surface area (Å²) in [7, 11) is 0. The van der Waals surface area contributed by atoms with E-state index in [4.69, 9.17) is 9.52 Å². The summed E-state index contributed by atoms with van der Waals surface area (Å²) < 4.78 is 5.45. The van der Waals surface area contributed by atoms with Crippen LogP contribution in [0, 0.1) is 5.92 Å². The molecule has 1 unspecified atom stereocenters. The Bertz CT molecular complexity index is 522. The molecule has 128 valence electrons. The maximum absolute atomic E-state index is 12.3. The van der Waals surface area contributed by atoms with E-state index >= 15 is 0 Å². The predicted octanol–water partition coefficient (Wildman–Crippen LogP) is 3.94. The Morgan fingerprint density at radius 2 is 2.09 bits per heavy atom. The highest BCUT2D eigenvalue weighted by Gasteiger charge is 2.22. The molecular formula is C17H25NO4S. The van der Waals surface area contributed by atoms with Gasteiger partial charge >= 0.3 is 5.97 Å². The number of hydrogen-bond donors (Lipinski definition) is 2. The Balaban J connectivity index is 1.94. The topological polar surface area (TPSA) is 79.5 Å². The van der Waals surface area contributed by atoms with Gasteiger partial charge in [0.1, 0.15) is 0 Å². The average Bonchev–Trinajstić information content (AvgIpc) is 3.02. The second-order valence-corrected chi connectivity index (χ2v) is 6.98. The normalized spacial score (nSPS) is 16.9. The number of carboxylic acid groups (broad SMARTS) is 1. The van der Waals surface area contributed by atoms with Gasteiger partial charge in [0, 0.05) is 12.5 Å². The van der Waals surface area contributed by atoms with E-state index in [-0.39, 0.29) is 18.4 Å². The van der Waals surface area contributed by atoms with Gasteiger partial charge in [-0.15, -0.1) is 0 Å². The standard InChI is InChI=1S/C17H25NO4S/c1-23-16-10-8-14(22-16)17(21)18-13(7-9-15(19)20)11-12-5-3-2-4-6-12/h8,10,12-13H,2-7,9,11H2,1H3,(H,18,21)(H,19,20). The summed E-state index contributed by atoms with van der Waals surface area (Å²) in [4.78, 5) is 23.2. The summed E-state index contributed by atoms with van der Waals surface area (Å²) in [5.41, 5.74) is 0. The van der Waals surface area contributed by atoms with Gasteiger partial charge in [-0.1, -0.05) is 43.9 Å². The SMILES string of the molecule is CSc1ccc(C(=O)NC(CCC(=O)O)CC2CCCCC2)o1. The molecule has 0 radical (unpaired) electrons. The third-order valence-electron chi connectivity index (χ3n) is 4.39. The molecule has 0 bridgehead atoms. The molecule has 2 rings (SSSR count). The van der Waals surface area contributed by atoms with Crippen LogP contribution in [0.2, 0.25) is 0 Å². The molecule has 0 spiro atoms. The first kappa shape index (κ1) is 17.9. The Morgan fingerprint density at radius 3 is 2.70 bits per heavy atom. The first-order valence-electron chi connectivity index (χ1n) is 8.25. The van der Waals surface area contributed by atoms with Crippen LogP contribution in [-0.2, 0) is 4.79 Å². The zero-order chi connectivity index (χ0) is 16.7. The number of furan rings is 1. The molecule has 2 N–H and O–H groups in total. The van der Waals surface area contributed by atoms with E-state index in [0.29, 0.717) is 23.2 Å². The van der Waals surface area contributed by atoms with Crippen molar-refractivity contribution in [2.75, 3.05) is 6.26 Å². The van der Waals surface area contributed by atoms with Crippen molar-refractivity contribution < 1.29 is 19.1 Å². The quantitative estimate of drug-likeness (QED) is 0.701. The lowest BCUT2D eigenvalue weighted by Gasteiger charge is -2.26. The Hall–Kier alpha value is -1.43. The predicted molar refractivity (Wildman–Crippen MR) is 89.8 cm³/mol. The monoisotopic (exact) mass is 339 g/mol. The summed E-state index contributed by atoms with van der Waals surface area (Å²) >= 11 is 1.44. The molecule has 0 aliphatic heterocycles. The second-order valence-electron chi connectivity index (χ2n) is 6.17. The van der Waals surface area contributed by atoms with E-state index in [1.54, 1.807) is 12.1 Å². The lowest BCUT2D eigenvalue weighted by molar-refractivity contribution is -0.137. The van der Waals surface area contributed by atoms with Crippen molar-refractivity contribution in [1.29, 1.82) is 0 Å². The fourth-order valence-corrected chi connectivity index (χ4v) is 3.56. The second kappa shape index (κ2) is 9.01. The van der Waals surface area contributed by atoms with Crippen molar-refractivity contribution in [3.63, 3.8) is 0 Å². The molecule has 5 nitrogen and oxygen atoms in total. The minimum Gasteiger partial charge on any atom is -0.481 e. The lowest BCUT2D eigenvalue weighted by Crippen LogP contribution is -2.37. The van der Waals surface area contributed by atoms with Gasteiger partial charge in [0.2, 0.25) is 0 Å². The fourth-order valence-electron chi connectivity index (χ4n) is 3.18. The van der Waals surface area contributed by atoms with Crippen LogP contribution in [0.25, 0.3) is 0 Å². The number of aliphatic carboxylic acids is 1. The van der Waals surface area contributed by atoms with Crippen molar-refractivity contribution in [1.82, 2.24) is 5.32 Å². The van der Waals surface area contributed by atoms with Crippen molar-refractivity contribution in [2.45, 2.75) is 62.5 Å². The highest BCUT2D eigenvalue weighted by atomic mass is 32.2. The maximum atomic E-state index is 12.3. The number of carboxylic acids is 1. The van der Waals surface area contributed by atoms with Gasteiger partial charge < -0.3 is 14.8 Å². The molecule has 0 aromatic carbocycles. The Morgan fingerprint density at radius 1 is 1.35 bits per heavy atom. The molecule has 1 amide bonds. The van der Waals surface area contributed by atoms with Crippen LogP contribution in [0.5, 0.6) is 0 Å². The number of carbonyl (C=O) groups excluding carboxylic acids is 1. The van der Waals surface area contributed by atoms with Gasteiger partial charge in [-0.05, 0) is 37.1 Å².